The van der Waals surface area contributed by atoms with E-state index in [2.05, 4.69) is 29.7 Å². The monoisotopic (exact) mass is 290 g/mol. The van der Waals surface area contributed by atoms with Crippen LogP contribution in [0.1, 0.15) is 44.3 Å². The van der Waals surface area contributed by atoms with Crippen molar-refractivity contribution in [1.82, 2.24) is 10.6 Å². The molecule has 1 heterocycles. The largest absolute Gasteiger partial charge is 0.374 e. The third kappa shape index (κ3) is 5.48. The normalized spacial score (nSPS) is 20.0. The minimum absolute atomic E-state index is 0.00270. The van der Waals surface area contributed by atoms with Crippen LogP contribution in [0.2, 0.25) is 0 Å². The summed E-state index contributed by atoms with van der Waals surface area (Å²) in [5.74, 6) is 0.130. The zero-order valence-corrected chi connectivity index (χ0v) is 12.8. The van der Waals surface area contributed by atoms with Crippen molar-refractivity contribution >= 4 is 5.91 Å². The fourth-order valence-corrected chi connectivity index (χ4v) is 2.56. The number of carbonyl (C=O) groups is 1. The van der Waals surface area contributed by atoms with Crippen LogP contribution in [0, 0.1) is 0 Å². The Balaban J connectivity index is 1.56. The second-order valence-corrected chi connectivity index (χ2v) is 5.57. The van der Waals surface area contributed by atoms with E-state index in [1.807, 2.05) is 18.2 Å². The van der Waals surface area contributed by atoms with Crippen LogP contribution in [0.25, 0.3) is 0 Å². The summed E-state index contributed by atoms with van der Waals surface area (Å²) >= 11 is 0. The Morgan fingerprint density at radius 3 is 2.90 bits per heavy atom. The van der Waals surface area contributed by atoms with Crippen molar-refractivity contribution < 1.29 is 9.53 Å². The highest BCUT2D eigenvalue weighted by atomic mass is 16.5. The molecule has 0 bridgehead atoms. The molecular formula is C17H26N2O2. The molecule has 1 fully saturated rings. The number of piperidine rings is 1. The summed E-state index contributed by atoms with van der Waals surface area (Å²) in [4.78, 5) is 11.9. The Bertz CT molecular complexity index is 416. The lowest BCUT2D eigenvalue weighted by atomic mass is 10.0. The minimum Gasteiger partial charge on any atom is -0.374 e. The lowest BCUT2D eigenvalue weighted by Crippen LogP contribution is -2.46. The van der Waals surface area contributed by atoms with Crippen molar-refractivity contribution in [1.29, 1.82) is 0 Å². The predicted molar refractivity (Wildman–Crippen MR) is 84.1 cm³/mol. The molecule has 2 unspecified atom stereocenters. The maximum absolute atomic E-state index is 11.9. The van der Waals surface area contributed by atoms with Gasteiger partial charge in [0.05, 0.1) is 12.1 Å². The molecule has 2 rings (SSSR count). The summed E-state index contributed by atoms with van der Waals surface area (Å²) in [6.07, 6.45) is 4.21. The molecule has 0 aromatic heterocycles. The summed E-state index contributed by atoms with van der Waals surface area (Å²) in [6, 6.07) is 10.2. The van der Waals surface area contributed by atoms with Gasteiger partial charge in [-0.05, 0) is 38.3 Å². The van der Waals surface area contributed by atoms with E-state index in [-0.39, 0.29) is 18.1 Å². The first kappa shape index (κ1) is 16.0. The van der Waals surface area contributed by atoms with E-state index in [0.717, 1.165) is 25.8 Å². The molecule has 1 saturated heterocycles. The van der Waals surface area contributed by atoms with Gasteiger partial charge in [-0.2, -0.15) is 0 Å². The summed E-state index contributed by atoms with van der Waals surface area (Å²) in [5.41, 5.74) is 1.19. The Hall–Kier alpha value is -1.39. The van der Waals surface area contributed by atoms with Gasteiger partial charge in [-0.15, -0.1) is 0 Å². The highest BCUT2D eigenvalue weighted by Crippen LogP contribution is 2.15. The van der Waals surface area contributed by atoms with E-state index in [9.17, 15) is 4.79 Å². The van der Waals surface area contributed by atoms with Crippen molar-refractivity contribution in [3.63, 3.8) is 0 Å². The Morgan fingerprint density at radius 1 is 1.38 bits per heavy atom. The number of amides is 1. The maximum atomic E-state index is 11.9. The Labute approximate surface area is 127 Å². The molecule has 2 atom stereocenters. The molecule has 1 aliphatic rings. The Morgan fingerprint density at radius 2 is 2.19 bits per heavy atom. The van der Waals surface area contributed by atoms with Gasteiger partial charge in [-0.3, -0.25) is 4.79 Å². The van der Waals surface area contributed by atoms with E-state index in [4.69, 9.17) is 4.74 Å². The van der Waals surface area contributed by atoms with Crippen molar-refractivity contribution in [3.05, 3.63) is 35.9 Å². The molecule has 1 aromatic rings. The highest BCUT2D eigenvalue weighted by Gasteiger charge is 2.19. The van der Waals surface area contributed by atoms with Crippen LogP contribution in [-0.2, 0) is 9.53 Å². The number of hydrogen-bond donors (Lipinski definition) is 2. The third-order valence-corrected chi connectivity index (χ3v) is 3.88. The average Bonchev–Trinajstić information content (AvgIpc) is 2.55. The van der Waals surface area contributed by atoms with E-state index < -0.39 is 0 Å². The first-order chi connectivity index (χ1) is 10.3. The summed E-state index contributed by atoms with van der Waals surface area (Å²) in [6.45, 7) is 4.35. The fourth-order valence-electron chi connectivity index (χ4n) is 2.56. The van der Waals surface area contributed by atoms with Crippen molar-refractivity contribution in [2.75, 3.05) is 19.7 Å². The van der Waals surface area contributed by atoms with Gasteiger partial charge in [0.1, 0.15) is 0 Å². The summed E-state index contributed by atoms with van der Waals surface area (Å²) in [7, 11) is 0. The number of benzene rings is 1. The van der Waals surface area contributed by atoms with Crippen LogP contribution in [0.5, 0.6) is 0 Å². The van der Waals surface area contributed by atoms with E-state index in [1.165, 1.54) is 12.0 Å². The SMILES string of the molecule is CC(OCCCNC(=O)C1CCCCN1)c1ccccc1. The molecule has 0 saturated carbocycles. The first-order valence-corrected chi connectivity index (χ1v) is 7.95. The topological polar surface area (TPSA) is 50.4 Å². The second-order valence-electron chi connectivity index (χ2n) is 5.57. The number of nitrogens with one attached hydrogen (secondary N) is 2. The molecule has 1 amide bonds. The number of carbonyl (C=O) groups excluding carboxylic acids is 1. The number of hydrogen-bond acceptors (Lipinski definition) is 3. The van der Waals surface area contributed by atoms with Crippen LogP contribution in [0.3, 0.4) is 0 Å². The standard InChI is InChI=1S/C17H26N2O2/c1-14(15-8-3-2-4-9-15)21-13-7-12-19-17(20)16-10-5-6-11-18-16/h2-4,8-9,14,16,18H,5-7,10-13H2,1H3,(H,19,20). The molecule has 2 N–H and O–H groups in total. The maximum Gasteiger partial charge on any atom is 0.237 e. The van der Waals surface area contributed by atoms with Gasteiger partial charge in [0.25, 0.3) is 0 Å². The molecule has 0 aliphatic carbocycles. The van der Waals surface area contributed by atoms with Gasteiger partial charge in [0, 0.05) is 13.2 Å². The van der Waals surface area contributed by atoms with Crippen LogP contribution >= 0.6 is 0 Å². The molecule has 4 nitrogen and oxygen atoms in total. The number of rotatable bonds is 7. The fraction of sp³-hybridized carbons (Fsp3) is 0.588. The van der Waals surface area contributed by atoms with Crippen molar-refractivity contribution in [2.45, 2.75) is 44.8 Å². The van der Waals surface area contributed by atoms with Crippen LogP contribution in [0.4, 0.5) is 0 Å². The summed E-state index contributed by atoms with van der Waals surface area (Å²) in [5, 5.41) is 6.24. The van der Waals surface area contributed by atoms with Gasteiger partial charge >= 0.3 is 0 Å². The molecule has 1 aromatic carbocycles. The lowest BCUT2D eigenvalue weighted by molar-refractivity contribution is -0.123. The third-order valence-electron chi connectivity index (χ3n) is 3.88. The lowest BCUT2D eigenvalue weighted by Gasteiger charge is -2.22. The van der Waals surface area contributed by atoms with E-state index in [0.29, 0.717) is 13.2 Å². The van der Waals surface area contributed by atoms with Crippen LogP contribution in [0.15, 0.2) is 30.3 Å². The first-order valence-electron chi connectivity index (χ1n) is 7.95. The molecule has 4 heteroatoms. The molecule has 1 aliphatic heterocycles. The average molecular weight is 290 g/mol. The van der Waals surface area contributed by atoms with Crippen molar-refractivity contribution in [3.8, 4) is 0 Å². The minimum atomic E-state index is 0.00270. The molecule has 116 valence electrons. The van der Waals surface area contributed by atoms with Crippen LogP contribution in [-0.4, -0.2) is 31.6 Å². The number of ether oxygens (including phenoxy) is 1. The van der Waals surface area contributed by atoms with Gasteiger partial charge in [-0.25, -0.2) is 0 Å². The van der Waals surface area contributed by atoms with Crippen LogP contribution < -0.4 is 10.6 Å². The van der Waals surface area contributed by atoms with Gasteiger partial charge in [0.15, 0.2) is 0 Å². The molecular weight excluding hydrogens is 264 g/mol. The second kappa shape index (κ2) is 8.80. The van der Waals surface area contributed by atoms with Gasteiger partial charge in [-0.1, -0.05) is 36.8 Å². The van der Waals surface area contributed by atoms with Crippen molar-refractivity contribution in [2.24, 2.45) is 0 Å². The van der Waals surface area contributed by atoms with Gasteiger partial charge < -0.3 is 15.4 Å². The molecule has 0 radical (unpaired) electrons. The van der Waals surface area contributed by atoms with E-state index in [1.54, 1.807) is 0 Å². The predicted octanol–water partition coefficient (Wildman–Crippen LogP) is 2.41. The molecule has 21 heavy (non-hydrogen) atoms. The molecule has 0 spiro atoms. The quantitative estimate of drug-likeness (QED) is 0.758. The van der Waals surface area contributed by atoms with E-state index >= 15 is 0 Å². The summed E-state index contributed by atoms with van der Waals surface area (Å²) < 4.78 is 5.79. The van der Waals surface area contributed by atoms with Gasteiger partial charge in [0.2, 0.25) is 5.91 Å². The smallest absolute Gasteiger partial charge is 0.237 e. The Kier molecular flexibility index (Phi) is 6.70. The zero-order chi connectivity index (χ0) is 14.9. The zero-order valence-electron chi connectivity index (χ0n) is 12.8. The highest BCUT2D eigenvalue weighted by molar-refractivity contribution is 5.81.